The minimum Gasteiger partial charge on any atom is -0.494 e. The highest BCUT2D eigenvalue weighted by Crippen LogP contribution is 2.31. The summed E-state index contributed by atoms with van der Waals surface area (Å²) in [5, 5.41) is 15.7. The summed E-state index contributed by atoms with van der Waals surface area (Å²) in [6, 6.07) is 4.64. The Morgan fingerprint density at radius 3 is 2.48 bits per heavy atom. The number of fused-ring (bicyclic) bond motifs is 1. The molecule has 0 radical (unpaired) electrons. The lowest BCUT2D eigenvalue weighted by Gasteiger charge is -2.28. The Labute approximate surface area is 255 Å². The highest BCUT2D eigenvalue weighted by molar-refractivity contribution is 6.04. The van der Waals surface area contributed by atoms with Crippen LogP contribution in [0.4, 0.5) is 15.5 Å². The van der Waals surface area contributed by atoms with E-state index in [1.54, 1.807) is 21.4 Å². The monoisotopic (exact) mass is 611 g/mol. The van der Waals surface area contributed by atoms with Crippen LogP contribution in [0, 0.1) is 6.92 Å². The topological polar surface area (TPSA) is 197 Å². The van der Waals surface area contributed by atoms with Gasteiger partial charge in [-0.3, -0.25) is 19.6 Å². The number of aryl methyl sites for hydroxylation is 3. The van der Waals surface area contributed by atoms with Crippen molar-refractivity contribution in [2.24, 2.45) is 5.73 Å². The Morgan fingerprint density at radius 1 is 1.07 bits per heavy atom. The second-order valence-electron chi connectivity index (χ2n) is 10.6. The standard InChI is InChI=1S/C29H41N9O6/c1-5-31-28(41)33-19-8-10-20(11-9-19)44-29(42)32-12-7-13-37-24-21(15-18(25(30)39)16-23(24)43-4)34-27(37)35-26(40)22-14-17(3)36-38(22)6-2/h14-16,19-20H,5-13H2,1-4H3,(H2,30,39)(H,32,42)(H2,31,33,41)(H,34,35,40). The van der Waals surface area contributed by atoms with E-state index in [1.165, 1.54) is 13.2 Å². The number of carbonyl (C=O) groups excluding carboxylic acids is 4. The molecule has 1 saturated carbocycles. The molecule has 0 aliphatic heterocycles. The van der Waals surface area contributed by atoms with Crippen molar-refractivity contribution in [3.63, 3.8) is 0 Å². The Bertz CT molecular complexity index is 1510. The van der Waals surface area contributed by atoms with E-state index in [-0.39, 0.29) is 29.7 Å². The number of anilines is 1. The van der Waals surface area contributed by atoms with Crippen LogP contribution < -0.4 is 31.7 Å². The lowest BCUT2D eigenvalue weighted by atomic mass is 9.93. The fourth-order valence-electron chi connectivity index (χ4n) is 5.32. The fourth-order valence-corrected chi connectivity index (χ4v) is 5.32. The van der Waals surface area contributed by atoms with E-state index in [4.69, 9.17) is 15.2 Å². The molecule has 0 bridgehead atoms. The van der Waals surface area contributed by atoms with Gasteiger partial charge < -0.3 is 35.7 Å². The summed E-state index contributed by atoms with van der Waals surface area (Å²) >= 11 is 0. The van der Waals surface area contributed by atoms with Gasteiger partial charge >= 0.3 is 12.1 Å². The van der Waals surface area contributed by atoms with Gasteiger partial charge in [0.2, 0.25) is 11.9 Å². The average Bonchev–Trinajstić information content (AvgIpc) is 3.55. The third-order valence-electron chi connectivity index (χ3n) is 7.42. The number of imidazole rings is 1. The number of methoxy groups -OCH3 is 1. The number of ether oxygens (including phenoxy) is 2. The molecule has 2 aromatic heterocycles. The fraction of sp³-hybridized carbons (Fsp3) is 0.517. The first-order valence-corrected chi connectivity index (χ1v) is 14.9. The van der Waals surface area contributed by atoms with Crippen LogP contribution in [0.15, 0.2) is 18.2 Å². The zero-order valence-electron chi connectivity index (χ0n) is 25.6. The minimum absolute atomic E-state index is 0.0618. The minimum atomic E-state index is -0.637. The van der Waals surface area contributed by atoms with Gasteiger partial charge in [0.25, 0.3) is 5.91 Å². The van der Waals surface area contributed by atoms with Crippen LogP contribution in [0.3, 0.4) is 0 Å². The van der Waals surface area contributed by atoms with E-state index >= 15 is 0 Å². The number of amides is 5. The van der Waals surface area contributed by atoms with Gasteiger partial charge in [0.1, 0.15) is 23.1 Å². The van der Waals surface area contributed by atoms with Gasteiger partial charge in [-0.15, -0.1) is 0 Å². The van der Waals surface area contributed by atoms with E-state index in [2.05, 4.69) is 31.3 Å². The molecule has 0 spiro atoms. The van der Waals surface area contributed by atoms with Crippen molar-refractivity contribution in [1.29, 1.82) is 0 Å². The largest absolute Gasteiger partial charge is 0.494 e. The molecule has 238 valence electrons. The SMILES string of the molecule is CCNC(=O)NC1CCC(OC(=O)NCCCn2c(NC(=O)c3cc(C)nn3CC)nc3cc(C(N)=O)cc(OC)c32)CC1. The molecular weight excluding hydrogens is 570 g/mol. The van der Waals surface area contributed by atoms with Gasteiger partial charge in [-0.25, -0.2) is 14.6 Å². The Balaban J connectivity index is 1.41. The van der Waals surface area contributed by atoms with Crippen molar-refractivity contribution in [2.75, 3.05) is 25.5 Å². The molecule has 1 aromatic carbocycles. The first kappa shape index (κ1) is 32.1. The van der Waals surface area contributed by atoms with Crippen LogP contribution in [0.5, 0.6) is 5.75 Å². The molecule has 0 atom stereocenters. The summed E-state index contributed by atoms with van der Waals surface area (Å²) in [6.07, 6.45) is 2.53. The van der Waals surface area contributed by atoms with Crippen molar-refractivity contribution < 1.29 is 28.7 Å². The number of aromatic nitrogens is 4. The molecule has 0 unspecified atom stereocenters. The summed E-state index contributed by atoms with van der Waals surface area (Å²) in [4.78, 5) is 54.0. The molecule has 5 amide bonds. The maximum absolute atomic E-state index is 13.2. The summed E-state index contributed by atoms with van der Waals surface area (Å²) in [5.41, 5.74) is 7.80. The first-order valence-electron chi connectivity index (χ1n) is 14.9. The number of alkyl carbamates (subject to hydrolysis) is 1. The number of nitrogens with one attached hydrogen (secondary N) is 4. The second kappa shape index (κ2) is 14.6. The molecule has 1 fully saturated rings. The summed E-state index contributed by atoms with van der Waals surface area (Å²) in [6.45, 7) is 7.28. The highest BCUT2D eigenvalue weighted by atomic mass is 16.6. The molecular formula is C29H41N9O6. The quantitative estimate of drug-likeness (QED) is 0.193. The number of nitrogens with zero attached hydrogens (tertiary/aromatic N) is 4. The smallest absolute Gasteiger partial charge is 0.407 e. The normalized spacial score (nSPS) is 16.3. The number of nitrogens with two attached hydrogens (primary N) is 1. The van der Waals surface area contributed by atoms with E-state index < -0.39 is 17.9 Å². The number of benzene rings is 1. The van der Waals surface area contributed by atoms with Gasteiger partial charge in [0.05, 0.1) is 18.3 Å². The molecule has 15 nitrogen and oxygen atoms in total. The molecule has 1 aliphatic carbocycles. The van der Waals surface area contributed by atoms with Crippen LogP contribution in [-0.2, 0) is 17.8 Å². The first-order chi connectivity index (χ1) is 21.1. The van der Waals surface area contributed by atoms with Crippen LogP contribution in [-0.4, -0.2) is 75.6 Å². The van der Waals surface area contributed by atoms with Crippen molar-refractivity contribution >= 4 is 40.9 Å². The molecule has 0 saturated heterocycles. The Kier molecular flexibility index (Phi) is 10.6. The zero-order valence-corrected chi connectivity index (χ0v) is 25.6. The molecule has 2 heterocycles. The third kappa shape index (κ3) is 7.76. The van der Waals surface area contributed by atoms with E-state index in [1.807, 2.05) is 20.8 Å². The van der Waals surface area contributed by atoms with Crippen molar-refractivity contribution in [1.82, 2.24) is 35.3 Å². The van der Waals surface area contributed by atoms with Crippen LogP contribution in [0.2, 0.25) is 0 Å². The predicted octanol–water partition coefficient (Wildman–Crippen LogP) is 2.67. The molecule has 15 heteroatoms. The highest BCUT2D eigenvalue weighted by Gasteiger charge is 2.25. The third-order valence-corrected chi connectivity index (χ3v) is 7.42. The molecule has 3 aromatic rings. The zero-order chi connectivity index (χ0) is 31.8. The van der Waals surface area contributed by atoms with E-state index in [0.717, 1.165) is 12.8 Å². The molecule has 6 N–H and O–H groups in total. The van der Waals surface area contributed by atoms with Gasteiger partial charge in [0, 0.05) is 37.8 Å². The number of hydrogen-bond donors (Lipinski definition) is 5. The summed E-state index contributed by atoms with van der Waals surface area (Å²) < 4.78 is 14.5. The number of hydrogen-bond acceptors (Lipinski definition) is 8. The number of carbonyl (C=O) groups is 4. The maximum atomic E-state index is 13.2. The molecule has 1 aliphatic rings. The summed E-state index contributed by atoms with van der Waals surface area (Å²) in [7, 11) is 1.47. The van der Waals surface area contributed by atoms with Crippen LogP contribution in [0.25, 0.3) is 11.0 Å². The number of rotatable bonds is 12. The van der Waals surface area contributed by atoms with E-state index in [0.29, 0.717) is 73.6 Å². The number of primary amides is 1. The average molecular weight is 612 g/mol. The van der Waals surface area contributed by atoms with Crippen molar-refractivity contribution in [2.45, 2.75) is 78.1 Å². The Morgan fingerprint density at radius 2 is 1.82 bits per heavy atom. The Hall–Kier alpha value is -4.82. The maximum Gasteiger partial charge on any atom is 0.407 e. The number of urea groups is 1. The van der Waals surface area contributed by atoms with Crippen molar-refractivity contribution in [3.8, 4) is 5.75 Å². The van der Waals surface area contributed by atoms with Gasteiger partial charge in [-0.1, -0.05) is 0 Å². The van der Waals surface area contributed by atoms with Gasteiger partial charge in [-0.2, -0.15) is 5.10 Å². The van der Waals surface area contributed by atoms with Crippen molar-refractivity contribution in [3.05, 3.63) is 35.2 Å². The predicted molar refractivity (Wildman–Crippen MR) is 163 cm³/mol. The lowest BCUT2D eigenvalue weighted by Crippen LogP contribution is -2.44. The second-order valence-corrected chi connectivity index (χ2v) is 10.6. The van der Waals surface area contributed by atoms with E-state index in [9.17, 15) is 19.2 Å². The summed E-state index contributed by atoms with van der Waals surface area (Å²) in [5.74, 6) is -0.423. The van der Waals surface area contributed by atoms with Crippen LogP contribution in [0.1, 0.15) is 72.5 Å². The molecule has 4 rings (SSSR count). The lowest BCUT2D eigenvalue weighted by molar-refractivity contribution is 0.0694. The van der Waals surface area contributed by atoms with Gasteiger partial charge in [0.15, 0.2) is 0 Å². The van der Waals surface area contributed by atoms with Gasteiger partial charge in [-0.05, 0) is 71.1 Å². The van der Waals surface area contributed by atoms with Crippen LogP contribution >= 0.6 is 0 Å². The molecule has 44 heavy (non-hydrogen) atoms.